The molecule has 0 saturated carbocycles. The molecule has 2 unspecified atom stereocenters. The largest absolute Gasteiger partial charge is 0.573 e. The monoisotopic (exact) mass is 461 g/mol. The summed E-state index contributed by atoms with van der Waals surface area (Å²) in [4.78, 5) is 0.588. The molecule has 2 atom stereocenters. The molecule has 1 heterocycles. The van der Waals surface area contributed by atoms with Crippen LogP contribution in [0.1, 0.15) is 29.9 Å². The Bertz CT molecular complexity index is 897. The number of hydrogen-bond acceptors (Lipinski definition) is 4. The lowest BCUT2D eigenvalue weighted by Crippen LogP contribution is -2.38. The number of ether oxygens (including phenoxy) is 2. The summed E-state index contributed by atoms with van der Waals surface area (Å²) in [5.74, 6) is 0.0315. The van der Waals surface area contributed by atoms with Crippen LogP contribution in [0.3, 0.4) is 0 Å². The van der Waals surface area contributed by atoms with Gasteiger partial charge in [-0.25, -0.2) is 0 Å². The number of thiol groups is 1. The number of nitrogens with two attached hydrogens (primary N) is 1. The van der Waals surface area contributed by atoms with E-state index in [1.54, 1.807) is 0 Å². The second-order valence-corrected chi connectivity index (χ2v) is 8.05. The molecule has 0 aliphatic carbocycles. The maximum Gasteiger partial charge on any atom is 0.573 e. The molecule has 7 heteroatoms. The summed E-state index contributed by atoms with van der Waals surface area (Å²) in [6.07, 6.45) is -2.57. The molecular formula is C25H26F3NO2S. The van der Waals surface area contributed by atoms with Gasteiger partial charge in [0.2, 0.25) is 0 Å². The Kier molecular flexibility index (Phi) is 8.61. The lowest BCUT2D eigenvalue weighted by Gasteiger charge is -2.34. The van der Waals surface area contributed by atoms with Gasteiger partial charge < -0.3 is 15.2 Å². The van der Waals surface area contributed by atoms with Crippen molar-refractivity contribution in [3.05, 3.63) is 96.1 Å². The van der Waals surface area contributed by atoms with E-state index >= 15 is 0 Å². The van der Waals surface area contributed by atoms with Crippen LogP contribution in [-0.4, -0.2) is 25.1 Å². The Morgan fingerprint density at radius 3 is 1.88 bits per heavy atom. The van der Waals surface area contributed by atoms with Crippen LogP contribution in [0.2, 0.25) is 0 Å². The van der Waals surface area contributed by atoms with E-state index in [1.807, 2.05) is 0 Å². The minimum atomic E-state index is -4.63. The highest BCUT2D eigenvalue weighted by Crippen LogP contribution is 2.33. The lowest BCUT2D eigenvalue weighted by atomic mass is 9.83. The average Bonchev–Trinajstić information content (AvgIpc) is 2.77. The molecule has 32 heavy (non-hydrogen) atoms. The Morgan fingerprint density at radius 2 is 1.41 bits per heavy atom. The van der Waals surface area contributed by atoms with E-state index in [4.69, 9.17) is 10.5 Å². The van der Waals surface area contributed by atoms with Crippen LogP contribution < -0.4 is 10.5 Å². The number of hydrogen-bond donors (Lipinski definition) is 2. The molecule has 2 N–H and O–H groups in total. The number of rotatable bonds is 4. The normalized spacial score (nSPS) is 18.6. The van der Waals surface area contributed by atoms with Crippen molar-refractivity contribution in [1.82, 2.24) is 0 Å². The molecule has 3 aromatic rings. The van der Waals surface area contributed by atoms with Gasteiger partial charge in [-0.1, -0.05) is 60.7 Å². The van der Waals surface area contributed by atoms with Crippen LogP contribution in [0.25, 0.3) is 0 Å². The van der Waals surface area contributed by atoms with Gasteiger partial charge in [-0.15, -0.1) is 25.8 Å². The van der Waals surface area contributed by atoms with Crippen molar-refractivity contribution < 1.29 is 22.6 Å². The minimum absolute atomic E-state index is 0.170. The lowest BCUT2D eigenvalue weighted by molar-refractivity contribution is -0.274. The highest BCUT2D eigenvalue weighted by molar-refractivity contribution is 7.80. The highest BCUT2D eigenvalue weighted by Gasteiger charge is 2.31. The van der Waals surface area contributed by atoms with Gasteiger partial charge in [0, 0.05) is 23.5 Å². The molecule has 1 aliphatic rings. The van der Waals surface area contributed by atoms with Crippen LogP contribution in [0.5, 0.6) is 5.75 Å². The third kappa shape index (κ3) is 7.58. The van der Waals surface area contributed by atoms with Crippen molar-refractivity contribution in [1.29, 1.82) is 0 Å². The average molecular weight is 462 g/mol. The Balaban J connectivity index is 0.000000207. The summed E-state index contributed by atoms with van der Waals surface area (Å²) >= 11 is 3.91. The first-order valence-electron chi connectivity index (χ1n) is 10.3. The summed E-state index contributed by atoms with van der Waals surface area (Å²) < 4.78 is 44.5. The molecule has 0 radical (unpaired) electrons. The molecule has 170 valence electrons. The minimum Gasteiger partial charge on any atom is -0.406 e. The molecule has 0 spiro atoms. The van der Waals surface area contributed by atoms with E-state index < -0.39 is 6.36 Å². The zero-order valence-electron chi connectivity index (χ0n) is 17.4. The fraction of sp³-hybridized carbons (Fsp3) is 0.280. The van der Waals surface area contributed by atoms with Crippen molar-refractivity contribution in [2.75, 3.05) is 6.61 Å². The van der Waals surface area contributed by atoms with Crippen molar-refractivity contribution in [3.63, 3.8) is 0 Å². The maximum absolute atomic E-state index is 11.6. The topological polar surface area (TPSA) is 44.5 Å². The van der Waals surface area contributed by atoms with Gasteiger partial charge in [-0.05, 0) is 48.2 Å². The summed E-state index contributed by atoms with van der Waals surface area (Å²) in [5.41, 5.74) is 8.75. The van der Waals surface area contributed by atoms with Crippen LogP contribution >= 0.6 is 12.6 Å². The van der Waals surface area contributed by atoms with Crippen LogP contribution in [0.4, 0.5) is 13.2 Å². The SMILES string of the molecule is FC(F)(F)Oc1ccc(S)cc1.NC1CCOC(C(c2ccccc2)c2ccccc2)C1. The highest BCUT2D eigenvalue weighted by atomic mass is 32.1. The second kappa shape index (κ2) is 11.4. The first kappa shape index (κ1) is 24.2. The predicted molar refractivity (Wildman–Crippen MR) is 122 cm³/mol. The molecule has 3 nitrogen and oxygen atoms in total. The molecule has 3 aromatic carbocycles. The summed E-state index contributed by atoms with van der Waals surface area (Å²) in [7, 11) is 0. The van der Waals surface area contributed by atoms with Crippen LogP contribution in [-0.2, 0) is 4.74 Å². The first-order valence-corrected chi connectivity index (χ1v) is 10.8. The third-order valence-corrected chi connectivity index (χ3v) is 5.41. The van der Waals surface area contributed by atoms with Gasteiger partial charge >= 0.3 is 6.36 Å². The Hall–Kier alpha value is -2.48. The van der Waals surface area contributed by atoms with E-state index in [0.29, 0.717) is 4.90 Å². The van der Waals surface area contributed by atoms with Crippen LogP contribution in [0.15, 0.2) is 89.8 Å². The van der Waals surface area contributed by atoms with Crippen molar-refractivity contribution >= 4 is 12.6 Å². The summed E-state index contributed by atoms with van der Waals surface area (Å²) in [6, 6.07) is 26.7. The third-order valence-electron chi connectivity index (χ3n) is 5.12. The van der Waals surface area contributed by atoms with E-state index in [1.165, 1.54) is 35.4 Å². The smallest absolute Gasteiger partial charge is 0.406 e. The maximum atomic E-state index is 11.6. The Morgan fingerprint density at radius 1 is 0.875 bits per heavy atom. The Labute approximate surface area is 191 Å². The van der Waals surface area contributed by atoms with Crippen molar-refractivity contribution in [2.24, 2.45) is 5.73 Å². The first-order chi connectivity index (χ1) is 15.3. The van der Waals surface area contributed by atoms with Crippen molar-refractivity contribution in [2.45, 2.75) is 42.2 Å². The molecule has 1 saturated heterocycles. The van der Waals surface area contributed by atoms with Gasteiger partial charge in [0.05, 0.1) is 6.10 Å². The van der Waals surface area contributed by atoms with E-state index in [-0.39, 0.29) is 23.8 Å². The number of benzene rings is 3. The van der Waals surface area contributed by atoms with Gasteiger partial charge in [0.25, 0.3) is 0 Å². The zero-order valence-corrected chi connectivity index (χ0v) is 18.3. The van der Waals surface area contributed by atoms with E-state index in [9.17, 15) is 13.2 Å². The van der Waals surface area contributed by atoms with Crippen molar-refractivity contribution in [3.8, 4) is 5.75 Å². The fourth-order valence-corrected chi connectivity index (χ4v) is 3.83. The van der Waals surface area contributed by atoms with Crippen LogP contribution in [0, 0.1) is 0 Å². The van der Waals surface area contributed by atoms with E-state index in [2.05, 4.69) is 78.0 Å². The standard InChI is InChI=1S/C18H21NO.C7H5F3OS/c19-16-11-12-20-17(13-16)18(14-7-3-1-4-8-14)15-9-5-2-6-10-15;8-7(9,10)11-5-1-3-6(12)4-2-5/h1-10,16-18H,11-13,19H2;1-4,12H. The molecule has 0 aromatic heterocycles. The van der Waals surface area contributed by atoms with Gasteiger partial charge in [-0.2, -0.15) is 0 Å². The molecular weight excluding hydrogens is 435 g/mol. The van der Waals surface area contributed by atoms with Gasteiger partial charge in [0.1, 0.15) is 5.75 Å². The summed E-state index contributed by atoms with van der Waals surface area (Å²) in [6.45, 7) is 0.766. The molecule has 1 fully saturated rings. The quantitative estimate of drug-likeness (QED) is 0.455. The summed E-state index contributed by atoms with van der Waals surface area (Å²) in [5, 5.41) is 0. The molecule has 0 bridgehead atoms. The van der Waals surface area contributed by atoms with Gasteiger partial charge in [0.15, 0.2) is 0 Å². The fourth-order valence-electron chi connectivity index (χ4n) is 3.68. The second-order valence-electron chi connectivity index (χ2n) is 7.53. The predicted octanol–water partition coefficient (Wildman–Crippen LogP) is 6.20. The van der Waals surface area contributed by atoms with E-state index in [0.717, 1.165) is 19.4 Å². The molecule has 1 aliphatic heterocycles. The molecule has 4 rings (SSSR count). The van der Waals surface area contributed by atoms with Gasteiger partial charge in [-0.3, -0.25) is 0 Å². The molecule has 0 amide bonds. The number of halogens is 3. The number of alkyl halides is 3. The zero-order chi connectivity index (χ0) is 23.0.